The first-order valence-electron chi connectivity index (χ1n) is 6.42. The molecule has 18 heavy (non-hydrogen) atoms. The molecule has 2 N–H and O–H groups in total. The largest absolute Gasteiger partial charge is 0.329 e. The van der Waals surface area contributed by atoms with E-state index >= 15 is 0 Å². The first-order chi connectivity index (χ1) is 8.50. The lowest BCUT2D eigenvalue weighted by Crippen LogP contribution is -2.42. The normalized spacial score (nSPS) is 28.3. The first-order valence-corrected chi connectivity index (χ1v) is 7.22. The topological polar surface area (TPSA) is 60.9 Å². The van der Waals surface area contributed by atoms with Gasteiger partial charge in [-0.15, -0.1) is 0 Å². The molecule has 0 atom stereocenters. The van der Waals surface area contributed by atoms with Crippen LogP contribution in [0.5, 0.6) is 0 Å². The zero-order valence-electron chi connectivity index (χ0n) is 10.9. The van der Waals surface area contributed by atoms with Crippen LogP contribution in [0.1, 0.15) is 43.1 Å². The van der Waals surface area contributed by atoms with E-state index in [9.17, 15) is 4.79 Å². The molecule has 0 aromatic carbocycles. The van der Waals surface area contributed by atoms with E-state index in [1.807, 2.05) is 0 Å². The molecular weight excluding hydrogens is 294 g/mol. The maximum atomic E-state index is 12.8. The molecule has 1 aliphatic carbocycles. The number of Topliss-reactive ketones (excluding diaryl/α,β-unsaturated/α-hetero) is 1. The minimum Gasteiger partial charge on any atom is -0.329 e. The van der Waals surface area contributed by atoms with E-state index in [1.54, 1.807) is 17.9 Å². The van der Waals surface area contributed by atoms with E-state index < -0.39 is 0 Å². The van der Waals surface area contributed by atoms with Crippen molar-refractivity contribution in [2.24, 2.45) is 24.1 Å². The molecule has 1 saturated carbocycles. The summed E-state index contributed by atoms with van der Waals surface area (Å²) in [4.78, 5) is 12.8. The number of halogens is 1. The van der Waals surface area contributed by atoms with Gasteiger partial charge in [-0.25, -0.2) is 0 Å². The van der Waals surface area contributed by atoms with Crippen molar-refractivity contribution in [2.75, 3.05) is 6.54 Å². The molecule has 0 aliphatic heterocycles. The Kier molecular flexibility index (Phi) is 3.92. The summed E-state index contributed by atoms with van der Waals surface area (Å²) >= 11 is 3.40. The molecule has 1 fully saturated rings. The Morgan fingerprint density at radius 1 is 1.61 bits per heavy atom. The molecule has 1 heterocycles. The Morgan fingerprint density at radius 3 is 2.67 bits per heavy atom. The maximum Gasteiger partial charge on any atom is 0.189 e. The van der Waals surface area contributed by atoms with Crippen molar-refractivity contribution >= 4 is 21.7 Å². The lowest BCUT2D eigenvalue weighted by atomic mass is 9.67. The Balaban J connectivity index is 2.31. The van der Waals surface area contributed by atoms with Crippen LogP contribution in [-0.4, -0.2) is 22.1 Å². The van der Waals surface area contributed by atoms with Crippen LogP contribution in [0.15, 0.2) is 10.7 Å². The number of nitrogens with zero attached hydrogens (tertiary/aromatic N) is 2. The number of carbonyl (C=O) groups excluding carboxylic acids is 1. The number of hydrogen-bond donors (Lipinski definition) is 1. The quantitative estimate of drug-likeness (QED) is 0.872. The predicted molar refractivity (Wildman–Crippen MR) is 74.4 cm³/mol. The van der Waals surface area contributed by atoms with E-state index in [4.69, 9.17) is 5.73 Å². The summed E-state index contributed by atoms with van der Waals surface area (Å²) in [6, 6.07) is 0. The van der Waals surface area contributed by atoms with Crippen LogP contribution >= 0.6 is 15.9 Å². The van der Waals surface area contributed by atoms with Crippen molar-refractivity contribution in [2.45, 2.75) is 32.6 Å². The minimum absolute atomic E-state index is 0.142. The van der Waals surface area contributed by atoms with E-state index in [2.05, 4.69) is 28.0 Å². The Labute approximate surface area is 116 Å². The zero-order valence-corrected chi connectivity index (χ0v) is 12.5. The summed E-state index contributed by atoms with van der Waals surface area (Å²) in [6.07, 6.45) is 5.61. The summed E-state index contributed by atoms with van der Waals surface area (Å²) in [6.45, 7) is 2.67. The number of carbonyl (C=O) groups is 1. The third kappa shape index (κ3) is 2.26. The van der Waals surface area contributed by atoms with Crippen molar-refractivity contribution in [3.05, 3.63) is 16.4 Å². The highest BCUT2D eigenvalue weighted by molar-refractivity contribution is 9.10. The maximum absolute atomic E-state index is 12.8. The van der Waals surface area contributed by atoms with Gasteiger partial charge in [-0.05, 0) is 47.5 Å². The Morgan fingerprint density at radius 2 is 2.22 bits per heavy atom. The van der Waals surface area contributed by atoms with E-state index in [-0.39, 0.29) is 11.2 Å². The lowest BCUT2D eigenvalue weighted by Gasteiger charge is -2.37. The van der Waals surface area contributed by atoms with Crippen LogP contribution in [0.2, 0.25) is 0 Å². The van der Waals surface area contributed by atoms with Gasteiger partial charge in [0.1, 0.15) is 5.69 Å². The van der Waals surface area contributed by atoms with Crippen molar-refractivity contribution in [3.8, 4) is 0 Å². The van der Waals surface area contributed by atoms with Gasteiger partial charge in [0.05, 0.1) is 10.7 Å². The van der Waals surface area contributed by atoms with Gasteiger partial charge in [0.2, 0.25) is 0 Å². The van der Waals surface area contributed by atoms with Crippen LogP contribution in [0, 0.1) is 11.3 Å². The van der Waals surface area contributed by atoms with Crippen LogP contribution in [0.4, 0.5) is 0 Å². The third-order valence-corrected chi connectivity index (χ3v) is 4.79. The highest BCUT2D eigenvalue weighted by Gasteiger charge is 2.41. The molecule has 0 amide bonds. The predicted octanol–water partition coefficient (Wildman–Crippen LogP) is 2.52. The van der Waals surface area contributed by atoms with Gasteiger partial charge in [0.15, 0.2) is 5.78 Å². The smallest absolute Gasteiger partial charge is 0.189 e. The molecular formula is C13H20BrN3O. The fourth-order valence-electron chi connectivity index (χ4n) is 2.76. The summed E-state index contributed by atoms with van der Waals surface area (Å²) < 4.78 is 2.41. The second-order valence-corrected chi connectivity index (χ2v) is 6.32. The fraction of sp³-hybridized carbons (Fsp3) is 0.692. The molecule has 2 rings (SSSR count). The van der Waals surface area contributed by atoms with Crippen molar-refractivity contribution in [1.29, 1.82) is 0 Å². The molecule has 1 aliphatic rings. The van der Waals surface area contributed by atoms with Crippen molar-refractivity contribution in [1.82, 2.24) is 9.78 Å². The summed E-state index contributed by atoms with van der Waals surface area (Å²) in [5, 5.41) is 4.12. The summed E-state index contributed by atoms with van der Waals surface area (Å²) in [7, 11) is 1.80. The van der Waals surface area contributed by atoms with Crippen molar-refractivity contribution in [3.63, 3.8) is 0 Å². The number of aryl methyl sites for hydroxylation is 1. The molecule has 0 radical (unpaired) electrons. The second-order valence-electron chi connectivity index (χ2n) is 5.46. The van der Waals surface area contributed by atoms with Gasteiger partial charge in [-0.1, -0.05) is 6.92 Å². The second kappa shape index (κ2) is 5.13. The Bertz CT molecular complexity index is 428. The third-order valence-electron chi connectivity index (χ3n) is 4.21. The number of nitrogens with two attached hydrogens (primary N) is 1. The van der Waals surface area contributed by atoms with Crippen molar-refractivity contribution < 1.29 is 4.79 Å². The SMILES string of the molecule is CC1CCC(CN)(C(=O)c2c(Br)cnn2C)CC1. The first kappa shape index (κ1) is 13.7. The molecule has 1 aromatic rings. The number of ketones is 1. The average Bonchev–Trinajstić information content (AvgIpc) is 2.70. The molecule has 0 spiro atoms. The van der Waals surface area contributed by atoms with E-state index in [1.165, 1.54) is 0 Å². The van der Waals surface area contributed by atoms with Gasteiger partial charge >= 0.3 is 0 Å². The highest BCUT2D eigenvalue weighted by atomic mass is 79.9. The number of rotatable bonds is 3. The van der Waals surface area contributed by atoms with Gasteiger partial charge in [0.25, 0.3) is 0 Å². The molecule has 100 valence electrons. The number of aromatic nitrogens is 2. The molecule has 0 unspecified atom stereocenters. The van der Waals surface area contributed by atoms with E-state index in [0.717, 1.165) is 30.2 Å². The summed E-state index contributed by atoms with van der Waals surface area (Å²) in [5.74, 6) is 0.844. The molecule has 5 heteroatoms. The molecule has 0 bridgehead atoms. The Hall–Kier alpha value is -0.680. The zero-order chi connectivity index (χ0) is 13.3. The van der Waals surface area contributed by atoms with Crippen LogP contribution in [-0.2, 0) is 7.05 Å². The summed E-state index contributed by atoms with van der Waals surface area (Å²) in [5.41, 5.74) is 6.19. The van der Waals surface area contributed by atoms with E-state index in [0.29, 0.717) is 18.2 Å². The van der Waals surface area contributed by atoms with Crippen LogP contribution in [0.25, 0.3) is 0 Å². The van der Waals surface area contributed by atoms with Gasteiger partial charge in [-0.3, -0.25) is 9.48 Å². The lowest BCUT2D eigenvalue weighted by molar-refractivity contribution is 0.0683. The minimum atomic E-state index is -0.386. The number of hydrogen-bond acceptors (Lipinski definition) is 3. The molecule has 0 saturated heterocycles. The highest BCUT2D eigenvalue weighted by Crippen LogP contribution is 2.41. The molecule has 1 aromatic heterocycles. The van der Waals surface area contributed by atoms with Crippen LogP contribution in [0.3, 0.4) is 0 Å². The molecule has 4 nitrogen and oxygen atoms in total. The fourth-order valence-corrected chi connectivity index (χ4v) is 3.28. The average molecular weight is 314 g/mol. The van der Waals surface area contributed by atoms with Crippen LogP contribution < -0.4 is 5.73 Å². The van der Waals surface area contributed by atoms with Gasteiger partial charge in [-0.2, -0.15) is 5.10 Å². The monoisotopic (exact) mass is 313 g/mol. The van der Waals surface area contributed by atoms with Gasteiger partial charge < -0.3 is 5.73 Å². The standard InChI is InChI=1S/C13H20BrN3O/c1-9-3-5-13(8-15,6-4-9)12(18)11-10(14)7-16-17(11)2/h7,9H,3-6,8,15H2,1-2H3. The van der Waals surface area contributed by atoms with Gasteiger partial charge in [0, 0.05) is 19.0 Å².